The van der Waals surface area contributed by atoms with E-state index >= 15 is 0 Å². The summed E-state index contributed by atoms with van der Waals surface area (Å²) in [6, 6.07) is 23.0. The maximum atomic E-state index is 9.72. The van der Waals surface area contributed by atoms with E-state index in [4.69, 9.17) is 27.9 Å². The van der Waals surface area contributed by atoms with E-state index in [0.717, 1.165) is 22.2 Å². The van der Waals surface area contributed by atoms with Crippen molar-refractivity contribution in [1.82, 2.24) is 9.55 Å². The maximum Gasteiger partial charge on any atom is 0.127 e. The largest absolute Gasteiger partial charge is 0.488 e. The summed E-state index contributed by atoms with van der Waals surface area (Å²) < 4.78 is 7.94. The van der Waals surface area contributed by atoms with Gasteiger partial charge in [0.2, 0.25) is 0 Å². The van der Waals surface area contributed by atoms with Gasteiger partial charge in [-0.2, -0.15) is 5.26 Å². The van der Waals surface area contributed by atoms with E-state index in [9.17, 15) is 5.26 Å². The van der Waals surface area contributed by atoms with E-state index in [1.165, 1.54) is 0 Å². The number of nitriles is 1. The van der Waals surface area contributed by atoms with Crippen LogP contribution in [-0.4, -0.2) is 9.55 Å². The maximum absolute atomic E-state index is 9.72. The van der Waals surface area contributed by atoms with Gasteiger partial charge in [-0.1, -0.05) is 47.5 Å². The zero-order valence-corrected chi connectivity index (χ0v) is 17.4. The third kappa shape index (κ3) is 4.65. The first-order valence-electron chi connectivity index (χ1n) is 9.30. The van der Waals surface area contributed by atoms with Crippen LogP contribution in [0.15, 0.2) is 78.6 Å². The molecule has 0 saturated heterocycles. The van der Waals surface area contributed by atoms with E-state index in [1.54, 1.807) is 30.6 Å². The summed E-state index contributed by atoms with van der Waals surface area (Å²) in [7, 11) is 0. The van der Waals surface area contributed by atoms with Crippen molar-refractivity contribution in [2.75, 3.05) is 0 Å². The molecule has 0 radical (unpaired) electrons. The van der Waals surface area contributed by atoms with E-state index in [-0.39, 0.29) is 0 Å². The molecule has 0 bridgehead atoms. The van der Waals surface area contributed by atoms with Gasteiger partial charge in [0.25, 0.3) is 0 Å². The lowest BCUT2D eigenvalue weighted by Gasteiger charge is -2.11. The van der Waals surface area contributed by atoms with Crippen LogP contribution in [0.1, 0.15) is 11.1 Å². The molecule has 0 saturated carbocycles. The van der Waals surface area contributed by atoms with Crippen LogP contribution in [0.3, 0.4) is 0 Å². The average Bonchev–Trinajstić information content (AvgIpc) is 3.15. The SMILES string of the molecule is N#C/C(=C/c1cc(Cl)ccc1OCc1cccc(Cl)c1)Cn1cnc2ccccc21. The fourth-order valence-corrected chi connectivity index (χ4v) is 3.57. The van der Waals surface area contributed by atoms with Crippen molar-refractivity contribution in [3.63, 3.8) is 0 Å². The molecule has 0 aliphatic heterocycles. The van der Waals surface area contributed by atoms with Gasteiger partial charge in [0, 0.05) is 15.6 Å². The summed E-state index contributed by atoms with van der Waals surface area (Å²) in [5.41, 5.74) is 4.13. The predicted octanol–water partition coefficient (Wildman–Crippen LogP) is 6.53. The zero-order valence-electron chi connectivity index (χ0n) is 15.9. The second-order valence-corrected chi connectivity index (χ2v) is 7.62. The van der Waals surface area contributed by atoms with Crippen molar-refractivity contribution in [2.45, 2.75) is 13.2 Å². The highest BCUT2D eigenvalue weighted by Crippen LogP contribution is 2.27. The van der Waals surface area contributed by atoms with Crippen molar-refractivity contribution < 1.29 is 4.74 Å². The highest BCUT2D eigenvalue weighted by Gasteiger charge is 2.08. The van der Waals surface area contributed by atoms with E-state index < -0.39 is 0 Å². The quantitative estimate of drug-likeness (QED) is 0.324. The topological polar surface area (TPSA) is 50.8 Å². The molecule has 0 atom stereocenters. The lowest BCUT2D eigenvalue weighted by atomic mass is 10.1. The van der Waals surface area contributed by atoms with Crippen LogP contribution >= 0.6 is 23.2 Å². The molecule has 6 heteroatoms. The molecule has 0 spiro atoms. The lowest BCUT2D eigenvalue weighted by molar-refractivity contribution is 0.305. The monoisotopic (exact) mass is 433 g/mol. The first-order chi connectivity index (χ1) is 14.6. The third-order valence-electron chi connectivity index (χ3n) is 4.60. The van der Waals surface area contributed by atoms with Gasteiger partial charge in [-0.3, -0.25) is 0 Å². The summed E-state index contributed by atoms with van der Waals surface area (Å²) in [4.78, 5) is 4.38. The second kappa shape index (κ2) is 9.04. The molecular formula is C24H17Cl2N3O. The van der Waals surface area contributed by atoms with Gasteiger partial charge in [-0.25, -0.2) is 4.98 Å². The molecule has 0 unspecified atom stereocenters. The lowest BCUT2D eigenvalue weighted by Crippen LogP contribution is -2.00. The number of ether oxygens (including phenoxy) is 1. The number of imidazole rings is 1. The van der Waals surface area contributed by atoms with Gasteiger partial charge in [0.05, 0.1) is 35.5 Å². The van der Waals surface area contributed by atoms with Gasteiger partial charge in [-0.15, -0.1) is 0 Å². The van der Waals surface area contributed by atoms with Crippen LogP contribution in [0.25, 0.3) is 17.1 Å². The third-order valence-corrected chi connectivity index (χ3v) is 5.07. The number of hydrogen-bond acceptors (Lipinski definition) is 3. The van der Waals surface area contributed by atoms with Crippen molar-refractivity contribution in [1.29, 1.82) is 5.26 Å². The molecule has 0 N–H and O–H groups in total. The van der Waals surface area contributed by atoms with Crippen LogP contribution in [0.4, 0.5) is 0 Å². The molecule has 3 aromatic carbocycles. The minimum absolute atomic E-state index is 0.358. The molecule has 4 aromatic rings. The van der Waals surface area contributed by atoms with Crippen molar-refractivity contribution in [3.8, 4) is 11.8 Å². The normalized spacial score (nSPS) is 11.4. The van der Waals surface area contributed by atoms with E-state index in [1.807, 2.05) is 53.1 Å². The predicted molar refractivity (Wildman–Crippen MR) is 121 cm³/mol. The Morgan fingerprint density at radius 2 is 1.87 bits per heavy atom. The molecule has 0 aliphatic rings. The summed E-state index contributed by atoms with van der Waals surface area (Å²) in [5, 5.41) is 10.9. The Morgan fingerprint density at radius 1 is 1.03 bits per heavy atom. The average molecular weight is 434 g/mol. The molecule has 0 fully saturated rings. The Hall–Kier alpha value is -3.26. The second-order valence-electron chi connectivity index (χ2n) is 6.74. The molecule has 0 amide bonds. The van der Waals surface area contributed by atoms with Gasteiger partial charge in [-0.05, 0) is 54.1 Å². The highest BCUT2D eigenvalue weighted by atomic mass is 35.5. The number of allylic oxidation sites excluding steroid dienone is 1. The fourth-order valence-electron chi connectivity index (χ4n) is 3.17. The Morgan fingerprint density at radius 3 is 2.70 bits per heavy atom. The summed E-state index contributed by atoms with van der Waals surface area (Å²) in [6.45, 7) is 0.758. The first-order valence-corrected chi connectivity index (χ1v) is 10.1. The van der Waals surface area contributed by atoms with Gasteiger partial charge in [0.15, 0.2) is 0 Å². The smallest absolute Gasteiger partial charge is 0.127 e. The molecule has 4 nitrogen and oxygen atoms in total. The molecule has 30 heavy (non-hydrogen) atoms. The Kier molecular flexibility index (Phi) is 6.04. The summed E-state index contributed by atoms with van der Waals surface area (Å²) in [5.74, 6) is 0.641. The number of rotatable bonds is 6. The first kappa shape index (κ1) is 20.0. The molecule has 1 heterocycles. The van der Waals surface area contributed by atoms with Crippen molar-refractivity contribution in [2.24, 2.45) is 0 Å². The Balaban J connectivity index is 1.60. The summed E-state index contributed by atoms with van der Waals surface area (Å²) in [6.07, 6.45) is 3.54. The van der Waals surface area contributed by atoms with Crippen molar-refractivity contribution in [3.05, 3.63) is 99.8 Å². The van der Waals surface area contributed by atoms with Gasteiger partial charge >= 0.3 is 0 Å². The molecular weight excluding hydrogens is 417 g/mol. The zero-order chi connectivity index (χ0) is 20.9. The minimum Gasteiger partial charge on any atom is -0.488 e. The van der Waals surface area contributed by atoms with Crippen LogP contribution in [-0.2, 0) is 13.2 Å². The Labute approximate surface area is 184 Å². The number of halogens is 2. The van der Waals surface area contributed by atoms with Crippen LogP contribution in [0.2, 0.25) is 10.0 Å². The number of aromatic nitrogens is 2. The van der Waals surface area contributed by atoms with Crippen LogP contribution < -0.4 is 4.74 Å². The molecule has 0 aliphatic carbocycles. The number of fused-ring (bicyclic) bond motifs is 1. The highest BCUT2D eigenvalue weighted by molar-refractivity contribution is 6.31. The molecule has 148 valence electrons. The van der Waals surface area contributed by atoms with Gasteiger partial charge < -0.3 is 9.30 Å². The standard InChI is InChI=1S/C24H17Cl2N3O/c25-20-5-3-4-17(11-20)15-30-24-9-8-21(26)12-19(24)10-18(13-27)14-29-16-28-22-6-1-2-7-23(22)29/h1-12,16H,14-15H2/b18-10-. The minimum atomic E-state index is 0.358. The Bertz CT molecular complexity index is 1270. The van der Waals surface area contributed by atoms with Crippen molar-refractivity contribution >= 4 is 40.3 Å². The molecule has 1 aromatic heterocycles. The number of nitrogens with zero attached hydrogens (tertiary/aromatic N) is 3. The van der Waals surface area contributed by atoms with E-state index in [2.05, 4.69) is 11.1 Å². The number of para-hydroxylation sites is 2. The molecule has 4 rings (SSSR count). The number of hydrogen-bond donors (Lipinski definition) is 0. The number of benzene rings is 3. The van der Waals surface area contributed by atoms with Crippen LogP contribution in [0, 0.1) is 11.3 Å². The fraction of sp³-hybridized carbons (Fsp3) is 0.0833. The van der Waals surface area contributed by atoms with Gasteiger partial charge in [0.1, 0.15) is 12.4 Å². The van der Waals surface area contributed by atoms with Crippen LogP contribution in [0.5, 0.6) is 5.75 Å². The van der Waals surface area contributed by atoms with E-state index in [0.29, 0.717) is 34.5 Å². The summed E-state index contributed by atoms with van der Waals surface area (Å²) >= 11 is 12.3.